The van der Waals surface area contributed by atoms with Crippen LogP contribution in [0.5, 0.6) is 0 Å². The van der Waals surface area contributed by atoms with Crippen molar-refractivity contribution in [2.75, 3.05) is 40.0 Å². The SMILES string of the molecule is COCCn1c(-c2ccc(SC(C)(C)C(=O)O)cc2)nc(C)c1C(=O)N1CCOCC1. The molecule has 0 radical (unpaired) electrons. The first-order valence-electron chi connectivity index (χ1n) is 10.2. The lowest BCUT2D eigenvalue weighted by atomic mass is 10.2. The van der Waals surface area contributed by atoms with Gasteiger partial charge in [0.25, 0.3) is 5.91 Å². The number of amides is 1. The Balaban J connectivity index is 1.93. The number of ether oxygens (including phenoxy) is 2. The fourth-order valence-corrected chi connectivity index (χ4v) is 4.34. The molecule has 1 aromatic carbocycles. The third-order valence-corrected chi connectivity index (χ3v) is 6.36. The average Bonchev–Trinajstić information content (AvgIpc) is 3.08. The third kappa shape index (κ3) is 5.28. The van der Waals surface area contributed by atoms with Crippen LogP contribution in [0.3, 0.4) is 0 Å². The summed E-state index contributed by atoms with van der Waals surface area (Å²) in [6, 6.07) is 7.60. The molecule has 1 aliphatic heterocycles. The molecule has 1 aromatic heterocycles. The van der Waals surface area contributed by atoms with E-state index in [2.05, 4.69) is 0 Å². The van der Waals surface area contributed by atoms with Crippen LogP contribution in [0, 0.1) is 6.92 Å². The molecule has 168 valence electrons. The second-order valence-electron chi connectivity index (χ2n) is 7.86. The van der Waals surface area contributed by atoms with E-state index in [0.717, 1.165) is 10.5 Å². The Morgan fingerprint density at radius 2 is 1.87 bits per heavy atom. The van der Waals surface area contributed by atoms with Crippen molar-refractivity contribution in [3.8, 4) is 11.4 Å². The van der Waals surface area contributed by atoms with Crippen LogP contribution in [-0.4, -0.2) is 76.2 Å². The largest absolute Gasteiger partial charge is 0.480 e. The van der Waals surface area contributed by atoms with E-state index in [-0.39, 0.29) is 5.91 Å². The van der Waals surface area contributed by atoms with Gasteiger partial charge in [-0.15, -0.1) is 11.8 Å². The number of methoxy groups -OCH3 is 1. The zero-order valence-electron chi connectivity index (χ0n) is 18.4. The summed E-state index contributed by atoms with van der Waals surface area (Å²) in [4.78, 5) is 32.0. The van der Waals surface area contributed by atoms with E-state index in [4.69, 9.17) is 14.5 Å². The molecule has 0 saturated carbocycles. The predicted octanol–water partition coefficient (Wildman–Crippen LogP) is 2.93. The highest BCUT2D eigenvalue weighted by atomic mass is 32.2. The fraction of sp³-hybridized carbons (Fsp3) is 0.500. The zero-order chi connectivity index (χ0) is 22.6. The topological polar surface area (TPSA) is 93.9 Å². The highest BCUT2D eigenvalue weighted by Crippen LogP contribution is 2.34. The van der Waals surface area contributed by atoms with Gasteiger partial charge in [0.1, 0.15) is 16.3 Å². The molecule has 3 rings (SSSR count). The Morgan fingerprint density at radius 1 is 1.23 bits per heavy atom. The minimum absolute atomic E-state index is 0.0500. The molecule has 1 N–H and O–H groups in total. The third-order valence-electron chi connectivity index (χ3n) is 5.16. The van der Waals surface area contributed by atoms with Crippen LogP contribution < -0.4 is 0 Å². The predicted molar refractivity (Wildman–Crippen MR) is 119 cm³/mol. The second-order valence-corrected chi connectivity index (χ2v) is 9.56. The minimum atomic E-state index is -0.924. The number of carboxylic acids is 1. The number of aromatic nitrogens is 2. The molecular weight excluding hydrogens is 418 g/mol. The Labute approximate surface area is 186 Å². The minimum Gasteiger partial charge on any atom is -0.480 e. The normalized spacial score (nSPS) is 14.6. The Bertz CT molecular complexity index is 933. The van der Waals surface area contributed by atoms with Crippen LogP contribution in [0.25, 0.3) is 11.4 Å². The smallest absolute Gasteiger partial charge is 0.319 e. The lowest BCUT2D eigenvalue weighted by Crippen LogP contribution is -2.41. The molecule has 0 spiro atoms. The summed E-state index contributed by atoms with van der Waals surface area (Å²) in [5.41, 5.74) is 2.10. The maximum atomic E-state index is 13.2. The summed E-state index contributed by atoms with van der Waals surface area (Å²) in [7, 11) is 1.63. The molecule has 2 aromatic rings. The van der Waals surface area contributed by atoms with Crippen molar-refractivity contribution in [1.29, 1.82) is 0 Å². The van der Waals surface area contributed by atoms with Crippen molar-refractivity contribution in [3.05, 3.63) is 35.7 Å². The molecule has 1 fully saturated rings. The summed E-state index contributed by atoms with van der Waals surface area (Å²) in [5.74, 6) is -0.218. The number of hydrogen-bond acceptors (Lipinski definition) is 6. The first-order valence-corrected chi connectivity index (χ1v) is 11.0. The van der Waals surface area contributed by atoms with Crippen molar-refractivity contribution >= 4 is 23.6 Å². The molecule has 9 heteroatoms. The first-order chi connectivity index (χ1) is 14.7. The van der Waals surface area contributed by atoms with Gasteiger partial charge in [0, 0.05) is 37.2 Å². The van der Waals surface area contributed by atoms with Crippen molar-refractivity contribution in [2.24, 2.45) is 0 Å². The molecule has 0 bridgehead atoms. The summed E-state index contributed by atoms with van der Waals surface area (Å²) < 4.78 is 11.6. The van der Waals surface area contributed by atoms with Gasteiger partial charge in [-0.05, 0) is 32.9 Å². The quantitative estimate of drug-likeness (QED) is 0.622. The number of aliphatic carboxylic acids is 1. The number of carbonyl (C=O) groups is 2. The molecule has 0 atom stereocenters. The molecule has 1 amide bonds. The van der Waals surface area contributed by atoms with Crippen LogP contribution in [0.15, 0.2) is 29.2 Å². The van der Waals surface area contributed by atoms with E-state index in [9.17, 15) is 14.7 Å². The van der Waals surface area contributed by atoms with E-state index in [1.165, 1.54) is 11.8 Å². The summed E-state index contributed by atoms with van der Waals surface area (Å²) in [5, 5.41) is 9.36. The standard InChI is InChI=1S/C22H29N3O5S/c1-15-18(20(26)24-9-13-30-14-10-24)25(11-12-29-4)19(23-15)16-5-7-17(8-6-16)31-22(2,3)21(27)28/h5-8H,9-14H2,1-4H3,(H,27,28). The number of hydrogen-bond donors (Lipinski definition) is 1. The van der Waals surface area contributed by atoms with Gasteiger partial charge in [-0.3, -0.25) is 9.59 Å². The van der Waals surface area contributed by atoms with E-state index in [1.54, 1.807) is 25.9 Å². The van der Waals surface area contributed by atoms with E-state index in [0.29, 0.717) is 56.7 Å². The van der Waals surface area contributed by atoms with Crippen molar-refractivity contribution in [2.45, 2.75) is 37.0 Å². The molecule has 0 unspecified atom stereocenters. The number of morpholine rings is 1. The van der Waals surface area contributed by atoms with Gasteiger partial charge in [-0.2, -0.15) is 0 Å². The van der Waals surface area contributed by atoms with Gasteiger partial charge in [0.2, 0.25) is 0 Å². The zero-order valence-corrected chi connectivity index (χ0v) is 19.2. The Kier molecular flexibility index (Phi) is 7.40. The number of rotatable bonds is 8. The van der Waals surface area contributed by atoms with Gasteiger partial charge in [-0.1, -0.05) is 12.1 Å². The molecule has 1 aliphatic rings. The Hall–Kier alpha value is -2.36. The number of carboxylic acid groups (broad SMARTS) is 1. The summed E-state index contributed by atoms with van der Waals surface area (Å²) >= 11 is 1.29. The lowest BCUT2D eigenvalue weighted by Gasteiger charge is -2.27. The van der Waals surface area contributed by atoms with Crippen LogP contribution in [0.1, 0.15) is 30.0 Å². The van der Waals surface area contributed by atoms with E-state index < -0.39 is 10.7 Å². The van der Waals surface area contributed by atoms with Gasteiger partial charge >= 0.3 is 5.97 Å². The van der Waals surface area contributed by atoms with E-state index >= 15 is 0 Å². The highest BCUT2D eigenvalue weighted by molar-refractivity contribution is 8.01. The van der Waals surface area contributed by atoms with Crippen LogP contribution in [0.4, 0.5) is 0 Å². The Morgan fingerprint density at radius 3 is 2.45 bits per heavy atom. The number of aryl methyl sites for hydroxylation is 1. The fourth-order valence-electron chi connectivity index (χ4n) is 3.39. The van der Waals surface area contributed by atoms with Crippen molar-refractivity contribution in [3.63, 3.8) is 0 Å². The molecule has 31 heavy (non-hydrogen) atoms. The van der Waals surface area contributed by atoms with Gasteiger partial charge < -0.3 is 24.0 Å². The van der Waals surface area contributed by atoms with Crippen molar-refractivity contribution < 1.29 is 24.2 Å². The van der Waals surface area contributed by atoms with E-state index in [1.807, 2.05) is 35.8 Å². The maximum Gasteiger partial charge on any atom is 0.319 e. The number of thioether (sulfide) groups is 1. The summed E-state index contributed by atoms with van der Waals surface area (Å²) in [6.07, 6.45) is 0. The molecule has 8 nitrogen and oxygen atoms in total. The number of nitrogens with zero attached hydrogens (tertiary/aromatic N) is 3. The molecular formula is C22H29N3O5S. The average molecular weight is 448 g/mol. The van der Waals surface area contributed by atoms with Gasteiger partial charge in [-0.25, -0.2) is 4.98 Å². The maximum absolute atomic E-state index is 13.2. The first kappa shape index (κ1) is 23.3. The molecule has 1 saturated heterocycles. The highest BCUT2D eigenvalue weighted by Gasteiger charge is 2.29. The number of carbonyl (C=O) groups excluding carboxylic acids is 1. The number of benzene rings is 1. The van der Waals surface area contributed by atoms with Crippen LogP contribution >= 0.6 is 11.8 Å². The molecule has 2 heterocycles. The second kappa shape index (κ2) is 9.84. The van der Waals surface area contributed by atoms with Gasteiger partial charge in [0.15, 0.2) is 0 Å². The van der Waals surface area contributed by atoms with Crippen molar-refractivity contribution in [1.82, 2.24) is 14.5 Å². The monoisotopic (exact) mass is 447 g/mol. The van der Waals surface area contributed by atoms with Crippen LogP contribution in [-0.2, 0) is 20.8 Å². The number of imidazole rings is 1. The molecule has 0 aliphatic carbocycles. The summed E-state index contributed by atoms with van der Waals surface area (Å²) in [6.45, 7) is 8.36. The lowest BCUT2D eigenvalue weighted by molar-refractivity contribution is -0.138. The van der Waals surface area contributed by atoms with Crippen LogP contribution in [0.2, 0.25) is 0 Å². The van der Waals surface area contributed by atoms with Gasteiger partial charge in [0.05, 0.1) is 25.5 Å².